The fourth-order valence-electron chi connectivity index (χ4n) is 3.42. The number of rotatable bonds is 5. The molecule has 0 aliphatic carbocycles. The number of sulfone groups is 1. The van der Waals surface area contributed by atoms with Gasteiger partial charge in [-0.1, -0.05) is 0 Å². The van der Waals surface area contributed by atoms with Crippen molar-refractivity contribution in [3.8, 4) is 0 Å². The molecule has 2 heterocycles. The van der Waals surface area contributed by atoms with Crippen molar-refractivity contribution in [2.45, 2.75) is 31.2 Å². The highest BCUT2D eigenvalue weighted by Gasteiger charge is 2.47. The molecule has 168 valence electrons. The maximum absolute atomic E-state index is 13.0. The van der Waals surface area contributed by atoms with E-state index in [1.54, 1.807) is 29.7 Å². The summed E-state index contributed by atoms with van der Waals surface area (Å²) in [6.07, 6.45) is 3.05. The maximum Gasteiger partial charge on any atom is 0.501 e. The zero-order valence-electron chi connectivity index (χ0n) is 16.9. The van der Waals surface area contributed by atoms with Gasteiger partial charge in [-0.15, -0.1) is 0 Å². The first kappa shape index (κ1) is 23.1. The number of allylic oxidation sites excluding steroid dienone is 2. The van der Waals surface area contributed by atoms with Crippen LogP contribution >= 0.6 is 12.2 Å². The normalized spacial score (nSPS) is 19.6. The maximum atomic E-state index is 13.0. The van der Waals surface area contributed by atoms with Crippen LogP contribution < -0.4 is 9.80 Å². The van der Waals surface area contributed by atoms with Gasteiger partial charge in [-0.2, -0.15) is 13.2 Å². The topological polar surface area (TPSA) is 70.2 Å². The first-order valence-corrected chi connectivity index (χ1v) is 11.3. The highest BCUT2D eigenvalue weighted by atomic mass is 32.2. The van der Waals surface area contributed by atoms with Crippen molar-refractivity contribution < 1.29 is 31.1 Å². The van der Waals surface area contributed by atoms with Gasteiger partial charge in [0.05, 0.1) is 16.3 Å². The van der Waals surface area contributed by atoms with Crippen LogP contribution in [0.3, 0.4) is 0 Å². The van der Waals surface area contributed by atoms with Crippen molar-refractivity contribution >= 4 is 44.5 Å². The van der Waals surface area contributed by atoms with Gasteiger partial charge < -0.3 is 14.5 Å². The summed E-state index contributed by atoms with van der Waals surface area (Å²) in [5.41, 5.74) is -4.52. The lowest BCUT2D eigenvalue weighted by Gasteiger charge is -2.23. The molecule has 2 aliphatic heterocycles. The number of fused-ring (bicyclic) bond motifs is 1. The van der Waals surface area contributed by atoms with Crippen LogP contribution in [-0.4, -0.2) is 49.5 Å². The molecule has 0 radical (unpaired) electrons. The number of benzene rings is 1. The smallest absolute Gasteiger partial charge is 0.426 e. The van der Waals surface area contributed by atoms with Crippen LogP contribution in [0.2, 0.25) is 0 Å². The average molecular weight is 476 g/mol. The lowest BCUT2D eigenvalue weighted by molar-refractivity contribution is -0.122. The summed E-state index contributed by atoms with van der Waals surface area (Å²) in [6, 6.07) is 3.31. The van der Waals surface area contributed by atoms with Crippen LogP contribution in [0.1, 0.15) is 20.8 Å². The van der Waals surface area contributed by atoms with Gasteiger partial charge in [-0.05, 0) is 63.3 Å². The number of nitrogens with zero attached hydrogens (tertiary/aromatic N) is 3. The molecular weight excluding hydrogens is 455 g/mol. The zero-order valence-corrected chi connectivity index (χ0v) is 18.6. The Morgan fingerprint density at radius 3 is 2.10 bits per heavy atom. The van der Waals surface area contributed by atoms with Crippen LogP contribution in [0.5, 0.6) is 0 Å². The molecule has 31 heavy (non-hydrogen) atoms. The van der Waals surface area contributed by atoms with E-state index < -0.39 is 20.2 Å². The molecule has 3 rings (SSSR count). The highest BCUT2D eigenvalue weighted by molar-refractivity contribution is 7.92. The molecule has 1 saturated heterocycles. The monoisotopic (exact) mass is 475 g/mol. The van der Waals surface area contributed by atoms with Crippen LogP contribution in [0.4, 0.5) is 24.5 Å². The Balaban J connectivity index is 2.06. The standard InChI is InChI=1S/C19H20F3N3O4S2/c1-4-23-13-8-7-12(31(27,28)19(20,21)22)11-14(13)24(5-2)16(23)10-9-15-17(26)25(6-3)18(30)29-15/h7-11H,4-6H2,1-3H3/b15-9-,16-10+. The fraction of sp³-hybridized carbons (Fsp3) is 0.368. The Morgan fingerprint density at radius 1 is 1.00 bits per heavy atom. The summed E-state index contributed by atoms with van der Waals surface area (Å²) in [7, 11) is -5.48. The number of hydrogen-bond donors (Lipinski definition) is 0. The molecule has 0 aromatic heterocycles. The summed E-state index contributed by atoms with van der Waals surface area (Å²) in [5.74, 6) is 0.207. The van der Waals surface area contributed by atoms with Crippen molar-refractivity contribution in [2.24, 2.45) is 0 Å². The second-order valence-corrected chi connectivity index (χ2v) is 8.85. The molecule has 12 heteroatoms. The van der Waals surface area contributed by atoms with Crippen molar-refractivity contribution in [3.63, 3.8) is 0 Å². The van der Waals surface area contributed by atoms with Gasteiger partial charge in [0.1, 0.15) is 5.82 Å². The molecule has 0 atom stereocenters. The van der Waals surface area contributed by atoms with Crippen LogP contribution in [0.15, 0.2) is 46.8 Å². The molecule has 1 aromatic rings. The number of carbonyl (C=O) groups is 1. The van der Waals surface area contributed by atoms with E-state index in [1.807, 2.05) is 6.92 Å². The molecular formula is C19H20F3N3O4S2. The van der Waals surface area contributed by atoms with Crippen molar-refractivity contribution in [2.75, 3.05) is 29.4 Å². The Bertz CT molecular complexity index is 1100. The lowest BCUT2D eigenvalue weighted by Crippen LogP contribution is -2.28. The van der Waals surface area contributed by atoms with E-state index in [2.05, 4.69) is 0 Å². The summed E-state index contributed by atoms with van der Waals surface area (Å²) >= 11 is 5.02. The molecule has 1 fully saturated rings. The van der Waals surface area contributed by atoms with Crippen molar-refractivity contribution in [3.05, 3.63) is 41.9 Å². The average Bonchev–Trinajstić information content (AvgIpc) is 3.16. The van der Waals surface area contributed by atoms with Gasteiger partial charge in [-0.3, -0.25) is 9.69 Å². The van der Waals surface area contributed by atoms with E-state index in [4.69, 9.17) is 17.0 Å². The van der Waals surface area contributed by atoms with E-state index >= 15 is 0 Å². The fourth-order valence-corrected chi connectivity index (χ4v) is 4.51. The Morgan fingerprint density at radius 2 is 1.58 bits per heavy atom. The number of anilines is 2. The number of likely N-dealkylation sites (N-methyl/N-ethyl adjacent to an activating group) is 1. The molecule has 0 N–H and O–H groups in total. The first-order valence-electron chi connectivity index (χ1n) is 9.44. The van der Waals surface area contributed by atoms with Gasteiger partial charge in [-0.25, -0.2) is 8.42 Å². The largest absolute Gasteiger partial charge is 0.501 e. The number of halogens is 3. The second-order valence-electron chi connectivity index (χ2n) is 6.56. The second kappa shape index (κ2) is 8.15. The molecule has 0 bridgehead atoms. The predicted octanol–water partition coefficient (Wildman–Crippen LogP) is 3.54. The third-order valence-electron chi connectivity index (χ3n) is 4.90. The summed E-state index contributed by atoms with van der Waals surface area (Å²) in [6.45, 7) is 6.54. The quantitative estimate of drug-likeness (QED) is 0.477. The number of alkyl halides is 3. The number of hydrogen-bond acceptors (Lipinski definition) is 7. The minimum atomic E-state index is -5.48. The Labute approximate surface area is 183 Å². The first-order chi connectivity index (χ1) is 14.5. The van der Waals surface area contributed by atoms with E-state index in [-0.39, 0.29) is 16.8 Å². The van der Waals surface area contributed by atoms with Gasteiger partial charge in [0, 0.05) is 19.6 Å². The Kier molecular flexibility index (Phi) is 6.07. The number of ether oxygens (including phenoxy) is 1. The molecule has 1 amide bonds. The summed E-state index contributed by atoms with van der Waals surface area (Å²) in [5, 5.41) is 0.0496. The number of carbonyl (C=O) groups excluding carboxylic acids is 1. The van der Waals surface area contributed by atoms with Gasteiger partial charge >= 0.3 is 5.51 Å². The zero-order chi connectivity index (χ0) is 23.1. The Hall–Kier alpha value is -2.60. The number of amides is 1. The molecule has 0 unspecified atom stereocenters. The van der Waals surface area contributed by atoms with Gasteiger partial charge in [0.2, 0.25) is 0 Å². The minimum Gasteiger partial charge on any atom is -0.426 e. The predicted molar refractivity (Wildman–Crippen MR) is 113 cm³/mol. The molecule has 0 saturated carbocycles. The molecule has 2 aliphatic rings. The van der Waals surface area contributed by atoms with Crippen molar-refractivity contribution in [1.29, 1.82) is 0 Å². The summed E-state index contributed by atoms with van der Waals surface area (Å²) in [4.78, 5) is 16.3. The van der Waals surface area contributed by atoms with Gasteiger partial charge in [0.25, 0.3) is 20.9 Å². The summed E-state index contributed by atoms with van der Waals surface area (Å²) < 4.78 is 68.0. The van der Waals surface area contributed by atoms with Crippen LogP contribution in [0.25, 0.3) is 0 Å². The highest BCUT2D eigenvalue weighted by Crippen LogP contribution is 2.44. The SMILES string of the molecule is CCN1C(=O)/C(=C/C=C2\N(CC)c3ccc(S(=O)(=O)C(F)(F)F)cc3N2CC)OC1=S. The van der Waals surface area contributed by atoms with Crippen molar-refractivity contribution in [1.82, 2.24) is 4.90 Å². The van der Waals surface area contributed by atoms with Crippen LogP contribution in [-0.2, 0) is 19.4 Å². The third kappa shape index (κ3) is 3.78. The molecule has 0 spiro atoms. The van der Waals surface area contributed by atoms with E-state index in [1.165, 1.54) is 17.0 Å². The molecule has 7 nitrogen and oxygen atoms in total. The van der Waals surface area contributed by atoms with Gasteiger partial charge in [0.15, 0.2) is 5.76 Å². The number of thiocarbonyl (C=S) groups is 1. The van der Waals surface area contributed by atoms with Crippen LogP contribution in [0, 0.1) is 0 Å². The van der Waals surface area contributed by atoms with E-state index in [0.717, 1.165) is 12.1 Å². The third-order valence-corrected chi connectivity index (χ3v) is 6.69. The van der Waals surface area contributed by atoms with E-state index in [9.17, 15) is 26.4 Å². The molecule has 1 aromatic carbocycles. The van der Waals surface area contributed by atoms with E-state index in [0.29, 0.717) is 36.8 Å². The minimum absolute atomic E-state index is 0.0303. The lowest BCUT2D eigenvalue weighted by atomic mass is 10.2.